The first-order chi connectivity index (χ1) is 14.4. The summed E-state index contributed by atoms with van der Waals surface area (Å²) in [6, 6.07) is 15.2. The maximum atomic E-state index is 12.7. The predicted molar refractivity (Wildman–Crippen MR) is 116 cm³/mol. The van der Waals surface area contributed by atoms with E-state index in [0.717, 1.165) is 18.4 Å². The molecule has 2 aromatic rings. The minimum absolute atomic E-state index is 0.0215. The summed E-state index contributed by atoms with van der Waals surface area (Å²) in [6.45, 7) is 3.58. The van der Waals surface area contributed by atoms with Crippen LogP contribution in [0.25, 0.3) is 0 Å². The Hall–Kier alpha value is -2.86. The maximum Gasteiger partial charge on any atom is 0.308 e. The molecule has 6 nitrogen and oxygen atoms in total. The van der Waals surface area contributed by atoms with Gasteiger partial charge in [0.1, 0.15) is 0 Å². The molecule has 2 atom stereocenters. The lowest BCUT2D eigenvalue weighted by Crippen LogP contribution is -2.36. The number of carbonyl (C=O) groups excluding carboxylic acids is 3. The van der Waals surface area contributed by atoms with Crippen LogP contribution >= 0.6 is 11.6 Å². The Morgan fingerprint density at radius 3 is 2.33 bits per heavy atom. The van der Waals surface area contributed by atoms with E-state index in [1.807, 2.05) is 44.2 Å². The average Bonchev–Trinajstić information content (AvgIpc) is 2.73. The number of ether oxygens (including phenoxy) is 1. The third-order valence-corrected chi connectivity index (χ3v) is 4.82. The van der Waals surface area contributed by atoms with E-state index in [1.54, 1.807) is 24.3 Å². The summed E-state index contributed by atoms with van der Waals surface area (Å²) in [4.78, 5) is 36.9. The standard InChI is InChI=1S/C23H27ClN2O4/c1-3-9-16(2)25-21(27)15-30-22(28)14-20(17-10-5-4-6-11-17)26-23(29)18-12-7-8-13-19(18)24/h4-8,10-13,16,20H,3,9,14-15H2,1-2H3,(H,25,27)(H,26,29)/t16-,20+/m0/s1. The van der Waals surface area contributed by atoms with Crippen molar-refractivity contribution in [1.82, 2.24) is 10.6 Å². The third-order valence-electron chi connectivity index (χ3n) is 4.49. The Kier molecular flexibility index (Phi) is 9.35. The van der Waals surface area contributed by atoms with Crippen molar-refractivity contribution < 1.29 is 19.1 Å². The fraction of sp³-hybridized carbons (Fsp3) is 0.348. The van der Waals surface area contributed by atoms with Crippen molar-refractivity contribution in [2.24, 2.45) is 0 Å². The Balaban J connectivity index is 2.00. The van der Waals surface area contributed by atoms with E-state index in [1.165, 1.54) is 0 Å². The maximum absolute atomic E-state index is 12.7. The van der Waals surface area contributed by atoms with E-state index in [-0.39, 0.29) is 25.0 Å². The van der Waals surface area contributed by atoms with Gasteiger partial charge in [-0.15, -0.1) is 0 Å². The molecule has 0 aliphatic heterocycles. The number of benzene rings is 2. The SMILES string of the molecule is CCC[C@H](C)NC(=O)COC(=O)C[C@@H](NC(=O)c1ccccc1Cl)c1ccccc1. The van der Waals surface area contributed by atoms with Crippen molar-refractivity contribution in [3.63, 3.8) is 0 Å². The molecular formula is C23H27ClN2O4. The van der Waals surface area contributed by atoms with Crippen LogP contribution in [0.4, 0.5) is 0 Å². The lowest BCUT2D eigenvalue weighted by atomic mass is 10.0. The molecule has 0 unspecified atom stereocenters. The molecule has 7 heteroatoms. The molecule has 0 radical (unpaired) electrons. The molecular weight excluding hydrogens is 404 g/mol. The molecule has 0 aromatic heterocycles. The van der Waals surface area contributed by atoms with E-state index in [2.05, 4.69) is 10.6 Å². The molecule has 0 fully saturated rings. The first-order valence-electron chi connectivity index (χ1n) is 9.96. The summed E-state index contributed by atoms with van der Waals surface area (Å²) in [5.41, 5.74) is 1.06. The quantitative estimate of drug-likeness (QED) is 0.557. The zero-order valence-corrected chi connectivity index (χ0v) is 17.9. The molecule has 0 bridgehead atoms. The summed E-state index contributed by atoms with van der Waals surface area (Å²) in [5.74, 6) is -1.32. The molecule has 2 N–H and O–H groups in total. The van der Waals surface area contributed by atoms with Crippen molar-refractivity contribution in [1.29, 1.82) is 0 Å². The van der Waals surface area contributed by atoms with E-state index in [9.17, 15) is 14.4 Å². The number of hydrogen-bond acceptors (Lipinski definition) is 4. The predicted octanol–water partition coefficient (Wildman–Crippen LogP) is 4.05. The fourth-order valence-electron chi connectivity index (χ4n) is 3.01. The second-order valence-corrected chi connectivity index (χ2v) is 7.45. The Morgan fingerprint density at radius 1 is 1.00 bits per heavy atom. The molecule has 0 aliphatic carbocycles. The molecule has 160 valence electrons. The van der Waals surface area contributed by atoms with Gasteiger partial charge in [-0.25, -0.2) is 0 Å². The van der Waals surface area contributed by atoms with Gasteiger partial charge in [-0.1, -0.05) is 67.4 Å². The Bertz CT molecular complexity index is 857. The van der Waals surface area contributed by atoms with E-state index in [0.29, 0.717) is 10.6 Å². The largest absolute Gasteiger partial charge is 0.456 e. The highest BCUT2D eigenvalue weighted by Crippen LogP contribution is 2.20. The first kappa shape index (κ1) is 23.4. The van der Waals surface area contributed by atoms with Gasteiger partial charge in [0, 0.05) is 6.04 Å². The van der Waals surface area contributed by atoms with Gasteiger partial charge in [-0.3, -0.25) is 14.4 Å². The molecule has 30 heavy (non-hydrogen) atoms. The van der Waals surface area contributed by atoms with Gasteiger partial charge in [0.25, 0.3) is 11.8 Å². The molecule has 0 saturated heterocycles. The molecule has 2 amide bonds. The Labute approximate surface area is 182 Å². The fourth-order valence-corrected chi connectivity index (χ4v) is 3.23. The van der Waals surface area contributed by atoms with Crippen molar-refractivity contribution in [3.8, 4) is 0 Å². The van der Waals surface area contributed by atoms with Crippen LogP contribution in [-0.2, 0) is 14.3 Å². The lowest BCUT2D eigenvalue weighted by molar-refractivity contribution is -0.149. The number of esters is 1. The molecule has 2 rings (SSSR count). The zero-order valence-electron chi connectivity index (χ0n) is 17.2. The van der Waals surface area contributed by atoms with Crippen molar-refractivity contribution in [2.75, 3.05) is 6.61 Å². The highest BCUT2D eigenvalue weighted by molar-refractivity contribution is 6.33. The van der Waals surface area contributed by atoms with Crippen LogP contribution in [-0.4, -0.2) is 30.4 Å². The normalized spacial score (nSPS) is 12.5. The number of nitrogens with one attached hydrogen (secondary N) is 2. The van der Waals surface area contributed by atoms with E-state index < -0.39 is 17.9 Å². The Morgan fingerprint density at radius 2 is 1.67 bits per heavy atom. The molecule has 0 spiro atoms. The summed E-state index contributed by atoms with van der Waals surface area (Å²) in [6.07, 6.45) is 1.69. The van der Waals surface area contributed by atoms with Gasteiger partial charge >= 0.3 is 5.97 Å². The van der Waals surface area contributed by atoms with Crippen LogP contribution in [0.2, 0.25) is 5.02 Å². The van der Waals surface area contributed by atoms with Gasteiger partial charge in [-0.05, 0) is 31.0 Å². The topological polar surface area (TPSA) is 84.5 Å². The average molecular weight is 431 g/mol. The van der Waals surface area contributed by atoms with Gasteiger partial charge in [0.15, 0.2) is 6.61 Å². The molecule has 0 heterocycles. The summed E-state index contributed by atoms with van der Waals surface area (Å²) in [7, 11) is 0. The van der Waals surface area contributed by atoms with Crippen LogP contribution in [0, 0.1) is 0 Å². The van der Waals surface area contributed by atoms with Crippen LogP contribution in [0.5, 0.6) is 0 Å². The highest BCUT2D eigenvalue weighted by Gasteiger charge is 2.21. The summed E-state index contributed by atoms with van der Waals surface area (Å²) in [5, 5.41) is 5.94. The summed E-state index contributed by atoms with van der Waals surface area (Å²) < 4.78 is 5.12. The number of carbonyl (C=O) groups is 3. The van der Waals surface area contributed by atoms with Crippen LogP contribution in [0.3, 0.4) is 0 Å². The second-order valence-electron chi connectivity index (χ2n) is 7.04. The molecule has 0 aliphatic rings. The van der Waals surface area contributed by atoms with Crippen LogP contribution in [0.1, 0.15) is 55.1 Å². The number of hydrogen-bond donors (Lipinski definition) is 2. The van der Waals surface area contributed by atoms with Gasteiger partial charge in [-0.2, -0.15) is 0 Å². The number of rotatable bonds is 10. The number of amides is 2. The minimum Gasteiger partial charge on any atom is -0.456 e. The minimum atomic E-state index is -0.621. The zero-order chi connectivity index (χ0) is 21.9. The monoisotopic (exact) mass is 430 g/mol. The summed E-state index contributed by atoms with van der Waals surface area (Å²) >= 11 is 6.11. The van der Waals surface area contributed by atoms with Crippen molar-refractivity contribution >= 4 is 29.4 Å². The van der Waals surface area contributed by atoms with Crippen LogP contribution < -0.4 is 10.6 Å². The molecule has 0 saturated carbocycles. The highest BCUT2D eigenvalue weighted by atomic mass is 35.5. The van der Waals surface area contributed by atoms with E-state index in [4.69, 9.17) is 16.3 Å². The van der Waals surface area contributed by atoms with Gasteiger partial charge < -0.3 is 15.4 Å². The van der Waals surface area contributed by atoms with Crippen molar-refractivity contribution in [2.45, 2.75) is 45.2 Å². The molecule has 2 aromatic carbocycles. The van der Waals surface area contributed by atoms with E-state index >= 15 is 0 Å². The third kappa shape index (κ3) is 7.52. The van der Waals surface area contributed by atoms with Crippen LogP contribution in [0.15, 0.2) is 54.6 Å². The second kappa shape index (κ2) is 12.0. The van der Waals surface area contributed by atoms with Crippen molar-refractivity contribution in [3.05, 3.63) is 70.7 Å². The smallest absolute Gasteiger partial charge is 0.308 e. The van der Waals surface area contributed by atoms with Gasteiger partial charge in [0.05, 0.1) is 23.0 Å². The number of halogens is 1. The lowest BCUT2D eigenvalue weighted by Gasteiger charge is -2.19. The first-order valence-corrected chi connectivity index (χ1v) is 10.3. The van der Waals surface area contributed by atoms with Gasteiger partial charge in [0.2, 0.25) is 0 Å².